The monoisotopic (exact) mass is 267 g/mol. The first kappa shape index (κ1) is 15.3. The summed E-state index contributed by atoms with van der Waals surface area (Å²) >= 11 is 0. The van der Waals surface area contributed by atoms with Crippen LogP contribution >= 0.6 is 0 Å². The van der Waals surface area contributed by atoms with Crippen LogP contribution < -0.4 is 5.32 Å². The van der Waals surface area contributed by atoms with E-state index in [1.54, 1.807) is 0 Å². The predicted octanol–water partition coefficient (Wildman–Crippen LogP) is 2.18. The van der Waals surface area contributed by atoms with Gasteiger partial charge in [0.1, 0.15) is 0 Å². The zero-order valence-corrected chi connectivity index (χ0v) is 12.9. The zero-order chi connectivity index (χ0) is 13.3. The van der Waals surface area contributed by atoms with E-state index in [2.05, 4.69) is 22.2 Å². The molecule has 3 nitrogen and oxygen atoms in total. The lowest BCUT2D eigenvalue weighted by atomic mass is 9.89. The van der Waals surface area contributed by atoms with Crippen LogP contribution in [0.3, 0.4) is 0 Å². The van der Waals surface area contributed by atoms with Gasteiger partial charge in [-0.15, -0.1) is 0 Å². The summed E-state index contributed by atoms with van der Waals surface area (Å²) < 4.78 is 0. The Morgan fingerprint density at radius 3 is 2.47 bits per heavy atom. The van der Waals surface area contributed by atoms with E-state index in [0.29, 0.717) is 0 Å². The lowest BCUT2D eigenvalue weighted by molar-refractivity contribution is 0.253. The Bertz CT molecular complexity index is 220. The first-order chi connectivity index (χ1) is 9.34. The highest BCUT2D eigenvalue weighted by atomic mass is 15.2. The first-order valence-electron chi connectivity index (χ1n) is 8.46. The first-order valence-corrected chi connectivity index (χ1v) is 8.46. The fourth-order valence-electron chi connectivity index (χ4n) is 3.40. The molecule has 1 aliphatic heterocycles. The highest BCUT2D eigenvalue weighted by Crippen LogP contribution is 2.22. The molecule has 1 aliphatic carbocycles. The van der Waals surface area contributed by atoms with Gasteiger partial charge in [-0.2, -0.15) is 0 Å². The standard InChI is InChI=1S/C16H33N3/c1-18(13-14-19-10-5-6-11-19)12-9-17-15-16-7-3-2-4-8-16/h16-17H,2-15H2,1H3. The molecule has 1 saturated carbocycles. The predicted molar refractivity (Wildman–Crippen MR) is 82.6 cm³/mol. The second-order valence-corrected chi connectivity index (χ2v) is 6.56. The average molecular weight is 267 g/mol. The Balaban J connectivity index is 1.43. The topological polar surface area (TPSA) is 18.5 Å². The van der Waals surface area contributed by atoms with Gasteiger partial charge in [-0.25, -0.2) is 0 Å². The Labute approximate surface area is 119 Å². The number of likely N-dealkylation sites (tertiary alicyclic amines) is 1. The maximum Gasteiger partial charge on any atom is 0.0109 e. The van der Waals surface area contributed by atoms with Gasteiger partial charge in [-0.3, -0.25) is 0 Å². The molecular weight excluding hydrogens is 234 g/mol. The molecule has 0 atom stereocenters. The van der Waals surface area contributed by atoms with E-state index in [9.17, 15) is 0 Å². The fraction of sp³-hybridized carbons (Fsp3) is 1.00. The fourth-order valence-corrected chi connectivity index (χ4v) is 3.40. The molecule has 112 valence electrons. The van der Waals surface area contributed by atoms with Crippen LogP contribution in [0, 0.1) is 5.92 Å². The van der Waals surface area contributed by atoms with Crippen molar-refractivity contribution in [2.24, 2.45) is 5.92 Å². The largest absolute Gasteiger partial charge is 0.315 e. The summed E-state index contributed by atoms with van der Waals surface area (Å²) in [6.07, 6.45) is 10.1. The summed E-state index contributed by atoms with van der Waals surface area (Å²) in [4.78, 5) is 5.08. The second-order valence-electron chi connectivity index (χ2n) is 6.56. The summed E-state index contributed by atoms with van der Waals surface area (Å²) in [6.45, 7) is 8.75. The second kappa shape index (κ2) is 8.93. The van der Waals surface area contributed by atoms with Gasteiger partial charge in [0.25, 0.3) is 0 Å². The summed E-state index contributed by atoms with van der Waals surface area (Å²) in [6, 6.07) is 0. The van der Waals surface area contributed by atoms with Crippen molar-refractivity contribution in [3.8, 4) is 0 Å². The Morgan fingerprint density at radius 2 is 1.74 bits per heavy atom. The molecular formula is C16H33N3. The molecule has 19 heavy (non-hydrogen) atoms. The van der Waals surface area contributed by atoms with E-state index in [0.717, 1.165) is 12.5 Å². The molecule has 0 amide bonds. The lowest BCUT2D eigenvalue weighted by Crippen LogP contribution is -2.36. The molecule has 0 aromatic carbocycles. The molecule has 0 aromatic heterocycles. The van der Waals surface area contributed by atoms with E-state index in [1.807, 2.05) is 0 Å². The van der Waals surface area contributed by atoms with Gasteiger partial charge in [0, 0.05) is 26.2 Å². The minimum absolute atomic E-state index is 0.962. The number of hydrogen-bond donors (Lipinski definition) is 1. The van der Waals surface area contributed by atoms with Gasteiger partial charge in [-0.1, -0.05) is 19.3 Å². The SMILES string of the molecule is CN(CCNCC1CCCCC1)CCN1CCCC1. The van der Waals surface area contributed by atoms with Gasteiger partial charge in [0.05, 0.1) is 0 Å². The maximum absolute atomic E-state index is 3.66. The van der Waals surface area contributed by atoms with Gasteiger partial charge in [0.15, 0.2) is 0 Å². The van der Waals surface area contributed by atoms with Crippen LogP contribution in [0.4, 0.5) is 0 Å². The van der Waals surface area contributed by atoms with Crippen molar-refractivity contribution in [1.29, 1.82) is 0 Å². The van der Waals surface area contributed by atoms with E-state index >= 15 is 0 Å². The Kier molecular flexibility index (Phi) is 7.18. The minimum Gasteiger partial charge on any atom is -0.315 e. The molecule has 2 aliphatic rings. The van der Waals surface area contributed by atoms with Crippen molar-refractivity contribution >= 4 is 0 Å². The highest BCUT2D eigenvalue weighted by Gasteiger charge is 2.13. The van der Waals surface area contributed by atoms with Gasteiger partial charge in [0.2, 0.25) is 0 Å². The Hall–Kier alpha value is -0.120. The normalized spacial score (nSPS) is 22.4. The van der Waals surface area contributed by atoms with Crippen LogP contribution in [0.2, 0.25) is 0 Å². The maximum atomic E-state index is 3.66. The van der Waals surface area contributed by atoms with Crippen molar-refractivity contribution in [2.75, 3.05) is 52.9 Å². The molecule has 2 rings (SSSR count). The third-order valence-corrected chi connectivity index (χ3v) is 4.82. The lowest BCUT2D eigenvalue weighted by Gasteiger charge is -2.24. The molecule has 1 saturated heterocycles. The molecule has 0 aromatic rings. The molecule has 2 fully saturated rings. The molecule has 0 unspecified atom stereocenters. The molecule has 0 radical (unpaired) electrons. The van der Waals surface area contributed by atoms with Crippen molar-refractivity contribution < 1.29 is 0 Å². The van der Waals surface area contributed by atoms with E-state index in [-0.39, 0.29) is 0 Å². The van der Waals surface area contributed by atoms with Crippen LogP contribution in [0.1, 0.15) is 44.9 Å². The van der Waals surface area contributed by atoms with Crippen LogP contribution in [-0.4, -0.2) is 62.7 Å². The third kappa shape index (κ3) is 6.24. The number of rotatable bonds is 8. The summed E-state index contributed by atoms with van der Waals surface area (Å²) in [5, 5.41) is 3.66. The molecule has 0 bridgehead atoms. The quantitative estimate of drug-likeness (QED) is 0.680. The summed E-state index contributed by atoms with van der Waals surface area (Å²) in [5.74, 6) is 0.962. The van der Waals surface area contributed by atoms with Gasteiger partial charge >= 0.3 is 0 Å². The van der Waals surface area contributed by atoms with E-state index in [1.165, 1.54) is 84.2 Å². The van der Waals surface area contributed by atoms with Crippen LogP contribution in [-0.2, 0) is 0 Å². The van der Waals surface area contributed by atoms with Gasteiger partial charge in [-0.05, 0) is 58.3 Å². The van der Waals surface area contributed by atoms with Crippen molar-refractivity contribution in [3.05, 3.63) is 0 Å². The van der Waals surface area contributed by atoms with Crippen molar-refractivity contribution in [3.63, 3.8) is 0 Å². The summed E-state index contributed by atoms with van der Waals surface area (Å²) in [7, 11) is 2.26. The Morgan fingerprint density at radius 1 is 1.00 bits per heavy atom. The number of hydrogen-bond acceptors (Lipinski definition) is 3. The molecule has 0 spiro atoms. The van der Waals surface area contributed by atoms with Crippen LogP contribution in [0.25, 0.3) is 0 Å². The smallest absolute Gasteiger partial charge is 0.0109 e. The van der Waals surface area contributed by atoms with Crippen LogP contribution in [0.15, 0.2) is 0 Å². The number of nitrogens with one attached hydrogen (secondary N) is 1. The number of likely N-dealkylation sites (N-methyl/N-ethyl adjacent to an activating group) is 1. The van der Waals surface area contributed by atoms with E-state index < -0.39 is 0 Å². The number of nitrogens with zero attached hydrogens (tertiary/aromatic N) is 2. The highest BCUT2D eigenvalue weighted by molar-refractivity contribution is 4.70. The zero-order valence-electron chi connectivity index (χ0n) is 12.9. The van der Waals surface area contributed by atoms with Crippen molar-refractivity contribution in [1.82, 2.24) is 15.1 Å². The van der Waals surface area contributed by atoms with Crippen molar-refractivity contribution in [2.45, 2.75) is 44.9 Å². The van der Waals surface area contributed by atoms with E-state index in [4.69, 9.17) is 0 Å². The van der Waals surface area contributed by atoms with Crippen LogP contribution in [0.5, 0.6) is 0 Å². The average Bonchev–Trinajstić information content (AvgIpc) is 2.96. The third-order valence-electron chi connectivity index (χ3n) is 4.82. The van der Waals surface area contributed by atoms with Gasteiger partial charge < -0.3 is 15.1 Å². The summed E-state index contributed by atoms with van der Waals surface area (Å²) in [5.41, 5.74) is 0. The molecule has 3 heteroatoms. The molecule has 1 N–H and O–H groups in total. The molecule has 1 heterocycles. The minimum atomic E-state index is 0.962.